The first-order valence-electron chi connectivity index (χ1n) is 7.49. The van der Waals surface area contributed by atoms with Crippen LogP contribution in [0.25, 0.3) is 11.5 Å². The lowest BCUT2D eigenvalue weighted by atomic mass is 10.2. The fourth-order valence-corrected chi connectivity index (χ4v) is 3.98. The molecule has 0 saturated heterocycles. The lowest BCUT2D eigenvalue weighted by molar-refractivity contribution is 0.415. The van der Waals surface area contributed by atoms with Crippen molar-refractivity contribution in [2.75, 3.05) is 7.11 Å². The van der Waals surface area contributed by atoms with E-state index < -0.39 is 9.84 Å². The fraction of sp³-hybridized carbons (Fsp3) is 0.167. The van der Waals surface area contributed by atoms with Crippen molar-refractivity contribution < 1.29 is 17.6 Å². The number of methoxy groups -OCH3 is 1. The van der Waals surface area contributed by atoms with E-state index >= 15 is 0 Å². The molecule has 0 spiro atoms. The van der Waals surface area contributed by atoms with E-state index in [1.807, 2.05) is 0 Å². The Kier molecular flexibility index (Phi) is 5.11. The molecule has 5 nitrogen and oxygen atoms in total. The summed E-state index contributed by atoms with van der Waals surface area (Å²) in [7, 11) is -1.80. The number of hydrogen-bond acceptors (Lipinski definition) is 5. The molecule has 0 N–H and O–H groups in total. The molecule has 0 unspecified atom stereocenters. The van der Waals surface area contributed by atoms with E-state index in [9.17, 15) is 8.42 Å². The van der Waals surface area contributed by atoms with Crippen LogP contribution in [0.5, 0.6) is 5.75 Å². The quantitative estimate of drug-likeness (QED) is 0.646. The molecule has 1 heterocycles. The van der Waals surface area contributed by atoms with Gasteiger partial charge in [-0.2, -0.15) is 0 Å². The molecule has 1 aromatic heterocycles. The minimum Gasteiger partial charge on any atom is -0.497 e. The van der Waals surface area contributed by atoms with Gasteiger partial charge in [0.2, 0.25) is 5.89 Å². The molecule has 0 bridgehead atoms. The van der Waals surface area contributed by atoms with Crippen molar-refractivity contribution in [3.05, 3.63) is 71.1 Å². The predicted octanol–water partition coefficient (Wildman–Crippen LogP) is 4.12. The summed E-state index contributed by atoms with van der Waals surface area (Å²) >= 11 is 5.90. The smallest absolute Gasteiger partial charge is 0.226 e. The van der Waals surface area contributed by atoms with Crippen LogP contribution >= 0.6 is 11.6 Å². The third-order valence-electron chi connectivity index (χ3n) is 3.53. The summed E-state index contributed by atoms with van der Waals surface area (Å²) in [6.45, 7) is 0. The van der Waals surface area contributed by atoms with E-state index in [4.69, 9.17) is 20.8 Å². The number of nitrogens with zero attached hydrogens (tertiary/aromatic N) is 1. The third-order valence-corrected chi connectivity index (χ3v) is 5.28. The topological polar surface area (TPSA) is 69.4 Å². The van der Waals surface area contributed by atoms with Crippen molar-refractivity contribution in [1.29, 1.82) is 0 Å². The molecule has 0 saturated carbocycles. The maximum absolute atomic E-state index is 12.4. The first kappa shape index (κ1) is 17.5. The van der Waals surface area contributed by atoms with E-state index in [1.54, 1.807) is 55.6 Å². The summed E-state index contributed by atoms with van der Waals surface area (Å²) in [5.74, 6) is 0.799. The minimum atomic E-state index is -3.39. The number of halogens is 1. The first-order chi connectivity index (χ1) is 11.9. The van der Waals surface area contributed by atoms with Crippen molar-refractivity contribution in [3.63, 3.8) is 0 Å². The van der Waals surface area contributed by atoms with Crippen LogP contribution in [0.15, 0.2) is 59.2 Å². The van der Waals surface area contributed by atoms with Gasteiger partial charge in [0.25, 0.3) is 0 Å². The van der Waals surface area contributed by atoms with E-state index in [0.717, 1.165) is 11.3 Å². The Hall–Kier alpha value is -2.31. The molecule has 0 aliphatic heterocycles. The molecule has 3 aromatic rings. The van der Waals surface area contributed by atoms with E-state index in [1.165, 1.54) is 6.26 Å². The number of aromatic nitrogens is 1. The largest absolute Gasteiger partial charge is 0.497 e. The van der Waals surface area contributed by atoms with Gasteiger partial charge in [0, 0.05) is 10.6 Å². The molecule has 0 atom stereocenters. The van der Waals surface area contributed by atoms with Crippen LogP contribution in [0.2, 0.25) is 5.02 Å². The molecule has 0 fully saturated rings. The summed E-state index contributed by atoms with van der Waals surface area (Å²) < 4.78 is 35.2. The van der Waals surface area contributed by atoms with Gasteiger partial charge in [-0.3, -0.25) is 0 Å². The average molecular weight is 378 g/mol. The van der Waals surface area contributed by atoms with Gasteiger partial charge in [-0.05, 0) is 42.0 Å². The van der Waals surface area contributed by atoms with Gasteiger partial charge in [-0.1, -0.05) is 23.7 Å². The van der Waals surface area contributed by atoms with Crippen molar-refractivity contribution in [2.24, 2.45) is 0 Å². The molecular weight excluding hydrogens is 362 g/mol. The average Bonchev–Trinajstić information content (AvgIpc) is 3.02. The number of oxazole rings is 1. The summed E-state index contributed by atoms with van der Waals surface area (Å²) in [4.78, 5) is 4.27. The highest BCUT2D eigenvalue weighted by molar-refractivity contribution is 7.89. The number of ether oxygens (including phenoxy) is 1. The molecule has 7 heteroatoms. The van der Waals surface area contributed by atoms with E-state index in [0.29, 0.717) is 22.2 Å². The van der Waals surface area contributed by atoms with Crippen LogP contribution in [-0.2, 0) is 21.3 Å². The van der Waals surface area contributed by atoms with Crippen LogP contribution in [0.4, 0.5) is 0 Å². The molecule has 0 aliphatic rings. The maximum atomic E-state index is 12.4. The fourth-order valence-electron chi connectivity index (χ4n) is 2.40. The summed E-state index contributed by atoms with van der Waals surface area (Å²) in [6, 6.07) is 14.0. The Balaban J connectivity index is 1.73. The van der Waals surface area contributed by atoms with Crippen molar-refractivity contribution in [3.8, 4) is 17.2 Å². The third kappa shape index (κ3) is 4.61. The Morgan fingerprint density at radius 3 is 2.56 bits per heavy atom. The van der Waals surface area contributed by atoms with Crippen LogP contribution in [0.1, 0.15) is 11.3 Å². The van der Waals surface area contributed by atoms with Crippen molar-refractivity contribution in [2.45, 2.75) is 11.5 Å². The highest BCUT2D eigenvalue weighted by atomic mass is 35.5. The molecular formula is C18H16ClNO4S. The lowest BCUT2D eigenvalue weighted by Crippen LogP contribution is -2.08. The number of sulfone groups is 1. The molecule has 3 rings (SSSR count). The maximum Gasteiger partial charge on any atom is 0.226 e. The highest BCUT2D eigenvalue weighted by Crippen LogP contribution is 2.23. The van der Waals surface area contributed by atoms with Crippen molar-refractivity contribution >= 4 is 21.4 Å². The predicted molar refractivity (Wildman–Crippen MR) is 96.3 cm³/mol. The second-order valence-corrected chi connectivity index (χ2v) is 8.04. The summed E-state index contributed by atoms with van der Waals surface area (Å²) in [5, 5.41) is 0.510. The zero-order valence-electron chi connectivity index (χ0n) is 13.5. The van der Waals surface area contributed by atoms with Gasteiger partial charge in [0.1, 0.15) is 12.0 Å². The zero-order chi connectivity index (χ0) is 17.9. The zero-order valence-corrected chi connectivity index (χ0v) is 15.0. The van der Waals surface area contributed by atoms with E-state index in [-0.39, 0.29) is 11.5 Å². The van der Waals surface area contributed by atoms with Gasteiger partial charge in [0.05, 0.1) is 24.3 Å². The number of rotatable bonds is 6. The lowest BCUT2D eigenvalue weighted by Gasteiger charge is -2.03. The van der Waals surface area contributed by atoms with Crippen LogP contribution < -0.4 is 4.74 Å². The number of hydrogen-bond donors (Lipinski definition) is 0. The Labute approximate surface area is 151 Å². The molecule has 0 aliphatic carbocycles. The van der Waals surface area contributed by atoms with Crippen molar-refractivity contribution in [1.82, 2.24) is 4.98 Å². The molecule has 2 aromatic carbocycles. The molecule has 130 valence electrons. The van der Waals surface area contributed by atoms with Crippen LogP contribution in [-0.4, -0.2) is 20.5 Å². The first-order valence-corrected chi connectivity index (χ1v) is 9.69. The monoisotopic (exact) mass is 377 g/mol. The highest BCUT2D eigenvalue weighted by Gasteiger charge is 2.17. The number of benzene rings is 2. The molecule has 0 amide bonds. The SMILES string of the molecule is COc1ccc(-c2nc(CS(=O)(=O)Cc3cccc(Cl)c3)co2)cc1. The van der Waals surface area contributed by atoms with Gasteiger partial charge in [-0.25, -0.2) is 13.4 Å². The summed E-state index contributed by atoms with van der Waals surface area (Å²) in [5.41, 5.74) is 1.76. The standard InChI is InChI=1S/C18H16ClNO4S/c1-23-17-7-5-14(6-8-17)18-20-16(10-24-18)12-25(21,22)11-13-3-2-4-15(19)9-13/h2-10H,11-12H2,1H3. The second kappa shape index (κ2) is 7.29. The Bertz CT molecular complexity index is 965. The molecule has 25 heavy (non-hydrogen) atoms. The Morgan fingerprint density at radius 1 is 1.12 bits per heavy atom. The molecule has 0 radical (unpaired) electrons. The van der Waals surface area contributed by atoms with Gasteiger partial charge in [0.15, 0.2) is 9.84 Å². The van der Waals surface area contributed by atoms with Gasteiger partial charge >= 0.3 is 0 Å². The van der Waals surface area contributed by atoms with Crippen LogP contribution in [0, 0.1) is 0 Å². The normalized spacial score (nSPS) is 11.4. The second-order valence-electron chi connectivity index (χ2n) is 5.53. The minimum absolute atomic E-state index is 0.0989. The van der Waals surface area contributed by atoms with E-state index in [2.05, 4.69) is 4.98 Å². The summed E-state index contributed by atoms with van der Waals surface area (Å²) in [6.07, 6.45) is 1.37. The van der Waals surface area contributed by atoms with Gasteiger partial charge < -0.3 is 9.15 Å². The van der Waals surface area contributed by atoms with Gasteiger partial charge in [-0.15, -0.1) is 0 Å². The van der Waals surface area contributed by atoms with Crippen LogP contribution in [0.3, 0.4) is 0 Å². The Morgan fingerprint density at radius 2 is 1.88 bits per heavy atom.